The van der Waals surface area contributed by atoms with E-state index in [0.717, 1.165) is 53.4 Å². The Hall–Kier alpha value is -4.14. The largest absolute Gasteiger partial charge is 0.382 e. The first-order valence-corrected chi connectivity index (χ1v) is 13.0. The fraction of sp³-hybridized carbons (Fsp3) is 0.357. The van der Waals surface area contributed by atoms with Gasteiger partial charge in [-0.15, -0.1) is 0 Å². The van der Waals surface area contributed by atoms with Crippen molar-refractivity contribution in [3.05, 3.63) is 66.1 Å². The third-order valence-electron chi connectivity index (χ3n) is 7.11. The second kappa shape index (κ2) is 11.3. The number of carbonyl (C=O) groups is 2. The summed E-state index contributed by atoms with van der Waals surface area (Å²) in [6.07, 6.45) is 7.64. The molecule has 9 nitrogen and oxygen atoms in total. The molecule has 1 aliphatic carbocycles. The Morgan fingerprint density at radius 1 is 1.08 bits per heavy atom. The van der Waals surface area contributed by atoms with Gasteiger partial charge in [0.15, 0.2) is 5.82 Å². The average molecular weight is 500 g/mol. The highest BCUT2D eigenvalue weighted by molar-refractivity contribution is 5.91. The van der Waals surface area contributed by atoms with Gasteiger partial charge in [-0.2, -0.15) is 5.10 Å². The highest BCUT2D eigenvalue weighted by atomic mass is 16.2. The summed E-state index contributed by atoms with van der Waals surface area (Å²) >= 11 is 0. The van der Waals surface area contributed by atoms with Gasteiger partial charge in [-0.1, -0.05) is 55.7 Å². The van der Waals surface area contributed by atoms with E-state index in [1.54, 1.807) is 6.20 Å². The zero-order valence-electron chi connectivity index (χ0n) is 20.8. The molecule has 192 valence electrons. The molecule has 9 heteroatoms. The summed E-state index contributed by atoms with van der Waals surface area (Å²) < 4.78 is 0. The van der Waals surface area contributed by atoms with Crippen molar-refractivity contribution in [1.29, 1.82) is 0 Å². The molecule has 0 spiro atoms. The number of fused-ring (bicyclic) bond motifs is 1. The summed E-state index contributed by atoms with van der Waals surface area (Å²) in [6.45, 7) is 0.476. The lowest BCUT2D eigenvalue weighted by Crippen LogP contribution is -2.36. The number of carbonyl (C=O) groups excluding carboxylic acids is 2. The van der Waals surface area contributed by atoms with Gasteiger partial charge in [0.1, 0.15) is 5.82 Å². The molecular weight excluding hydrogens is 466 g/mol. The standard InChI is InChI=1S/C28H33N7O2/c29-26-21-12-11-20(15-23(21)34-35-26)24-17-31-27(32-24)22(33-28(37)19-9-5-2-6-10-19)13-14-25(36)30-16-18-7-3-1-4-8-18/h1,3-4,7-8,11-12,15,17,19,22H,2,5-6,9-10,13-14,16H2,(H,30,36)(H,31,32)(H,33,37)(H3,29,34,35)/t22-/m0/s1. The van der Waals surface area contributed by atoms with Gasteiger partial charge in [-0.25, -0.2) is 4.98 Å². The summed E-state index contributed by atoms with van der Waals surface area (Å²) in [6, 6.07) is 15.3. The van der Waals surface area contributed by atoms with Crippen molar-refractivity contribution in [2.75, 3.05) is 5.73 Å². The highest BCUT2D eigenvalue weighted by Crippen LogP contribution is 2.28. The molecule has 0 radical (unpaired) electrons. The van der Waals surface area contributed by atoms with Crippen LogP contribution in [0.1, 0.15) is 62.4 Å². The number of nitrogen functional groups attached to an aromatic ring is 1. The number of nitrogens with one attached hydrogen (secondary N) is 4. The van der Waals surface area contributed by atoms with Gasteiger partial charge in [0, 0.05) is 29.8 Å². The molecular formula is C28H33N7O2. The van der Waals surface area contributed by atoms with Crippen LogP contribution in [0.15, 0.2) is 54.7 Å². The Morgan fingerprint density at radius 3 is 2.70 bits per heavy atom. The predicted octanol–water partition coefficient (Wildman–Crippen LogP) is 4.37. The van der Waals surface area contributed by atoms with E-state index in [9.17, 15) is 9.59 Å². The second-order valence-electron chi connectivity index (χ2n) is 9.75. The number of benzene rings is 2. The number of nitrogens with zero attached hydrogens (tertiary/aromatic N) is 2. The van der Waals surface area contributed by atoms with E-state index in [1.807, 2.05) is 48.5 Å². The van der Waals surface area contributed by atoms with Gasteiger partial charge in [-0.05, 0) is 37.0 Å². The topological polar surface area (TPSA) is 142 Å². The Labute approximate surface area is 215 Å². The molecule has 0 bridgehead atoms. The van der Waals surface area contributed by atoms with Crippen molar-refractivity contribution in [2.24, 2.45) is 5.92 Å². The summed E-state index contributed by atoms with van der Waals surface area (Å²) in [5.74, 6) is 1.10. The lowest BCUT2D eigenvalue weighted by Gasteiger charge is -2.24. The van der Waals surface area contributed by atoms with E-state index < -0.39 is 6.04 Å². The van der Waals surface area contributed by atoms with E-state index >= 15 is 0 Å². The zero-order chi connectivity index (χ0) is 25.6. The predicted molar refractivity (Wildman–Crippen MR) is 143 cm³/mol. The number of nitrogens with two attached hydrogens (primary N) is 1. The molecule has 2 aromatic heterocycles. The number of rotatable bonds is 9. The second-order valence-corrected chi connectivity index (χ2v) is 9.75. The van der Waals surface area contributed by atoms with Gasteiger partial charge in [0.25, 0.3) is 0 Å². The van der Waals surface area contributed by atoms with Crippen molar-refractivity contribution in [2.45, 2.75) is 57.5 Å². The molecule has 2 aromatic carbocycles. The van der Waals surface area contributed by atoms with Crippen LogP contribution in [0.25, 0.3) is 22.2 Å². The molecule has 6 N–H and O–H groups in total. The number of anilines is 1. The molecule has 4 aromatic rings. The molecule has 5 rings (SSSR count). The van der Waals surface area contributed by atoms with Crippen LogP contribution in [0.5, 0.6) is 0 Å². The Morgan fingerprint density at radius 2 is 1.89 bits per heavy atom. The molecule has 1 atom stereocenters. The molecule has 2 amide bonds. The van der Waals surface area contributed by atoms with E-state index in [1.165, 1.54) is 6.42 Å². The third kappa shape index (κ3) is 5.99. The Balaban J connectivity index is 1.29. The van der Waals surface area contributed by atoms with Crippen LogP contribution in [0.2, 0.25) is 0 Å². The fourth-order valence-corrected chi connectivity index (χ4v) is 4.96. The molecule has 1 aliphatic rings. The van der Waals surface area contributed by atoms with Gasteiger partial charge < -0.3 is 21.4 Å². The molecule has 1 saturated carbocycles. The summed E-state index contributed by atoms with van der Waals surface area (Å²) in [5.41, 5.74) is 9.52. The normalized spacial score (nSPS) is 14.9. The molecule has 1 fully saturated rings. The van der Waals surface area contributed by atoms with Crippen molar-refractivity contribution >= 4 is 28.5 Å². The number of imidazole rings is 1. The Kier molecular flexibility index (Phi) is 7.49. The molecule has 0 aliphatic heterocycles. The molecule has 0 unspecified atom stereocenters. The van der Waals surface area contributed by atoms with E-state index in [2.05, 4.69) is 30.8 Å². The van der Waals surface area contributed by atoms with E-state index in [4.69, 9.17) is 5.73 Å². The number of aromatic nitrogens is 4. The summed E-state index contributed by atoms with van der Waals surface area (Å²) in [7, 11) is 0. The minimum atomic E-state index is -0.391. The average Bonchev–Trinajstić information content (AvgIpc) is 3.58. The van der Waals surface area contributed by atoms with Crippen molar-refractivity contribution < 1.29 is 9.59 Å². The highest BCUT2D eigenvalue weighted by Gasteiger charge is 2.26. The number of amides is 2. The van der Waals surface area contributed by atoms with Crippen LogP contribution in [0.3, 0.4) is 0 Å². The summed E-state index contributed by atoms with van der Waals surface area (Å²) in [5, 5.41) is 14.0. The Bertz CT molecular complexity index is 1360. The van der Waals surface area contributed by atoms with Crippen molar-refractivity contribution in [3.63, 3.8) is 0 Å². The van der Waals surface area contributed by atoms with Gasteiger partial charge in [-0.3, -0.25) is 14.7 Å². The minimum Gasteiger partial charge on any atom is -0.382 e. The van der Waals surface area contributed by atoms with Crippen molar-refractivity contribution in [3.8, 4) is 11.3 Å². The van der Waals surface area contributed by atoms with E-state index in [0.29, 0.717) is 24.6 Å². The van der Waals surface area contributed by atoms with Crippen molar-refractivity contribution in [1.82, 2.24) is 30.8 Å². The van der Waals surface area contributed by atoms with Gasteiger partial charge >= 0.3 is 0 Å². The van der Waals surface area contributed by atoms with E-state index in [-0.39, 0.29) is 24.2 Å². The van der Waals surface area contributed by atoms with Crippen LogP contribution in [-0.4, -0.2) is 32.0 Å². The first kappa shape index (κ1) is 24.5. The molecule has 37 heavy (non-hydrogen) atoms. The third-order valence-corrected chi connectivity index (χ3v) is 7.11. The van der Waals surface area contributed by atoms with Crippen LogP contribution in [-0.2, 0) is 16.1 Å². The number of hydrogen-bond acceptors (Lipinski definition) is 5. The first-order chi connectivity index (χ1) is 18.1. The number of aromatic amines is 2. The summed E-state index contributed by atoms with van der Waals surface area (Å²) in [4.78, 5) is 33.7. The molecule has 0 saturated heterocycles. The minimum absolute atomic E-state index is 0.0193. The maximum atomic E-state index is 13.1. The lowest BCUT2D eigenvalue weighted by atomic mass is 9.88. The van der Waals surface area contributed by atoms with Gasteiger partial charge in [0.05, 0.1) is 23.4 Å². The monoisotopic (exact) mass is 499 g/mol. The van der Waals surface area contributed by atoms with Crippen LogP contribution >= 0.6 is 0 Å². The maximum Gasteiger partial charge on any atom is 0.223 e. The van der Waals surface area contributed by atoms with Crippen LogP contribution < -0.4 is 16.4 Å². The number of hydrogen-bond donors (Lipinski definition) is 5. The fourth-order valence-electron chi connectivity index (χ4n) is 4.96. The molecule has 2 heterocycles. The number of H-pyrrole nitrogens is 2. The van der Waals surface area contributed by atoms with Gasteiger partial charge in [0.2, 0.25) is 11.8 Å². The van der Waals surface area contributed by atoms with Crippen LogP contribution in [0, 0.1) is 5.92 Å². The maximum absolute atomic E-state index is 13.1. The lowest BCUT2D eigenvalue weighted by molar-refractivity contribution is -0.127. The SMILES string of the molecule is Nc1n[nH]c2cc(-c3cnc([C@H](CCC(=O)NCc4ccccc4)NC(=O)C4CCCCC4)[nH]3)ccc12. The smallest absolute Gasteiger partial charge is 0.223 e. The first-order valence-electron chi connectivity index (χ1n) is 13.0. The zero-order valence-corrected chi connectivity index (χ0v) is 20.8. The van der Waals surface area contributed by atoms with Crippen LogP contribution in [0.4, 0.5) is 5.82 Å². The quantitative estimate of drug-likeness (QED) is 0.232.